The summed E-state index contributed by atoms with van der Waals surface area (Å²) in [7, 11) is 1.45. The fourth-order valence-electron chi connectivity index (χ4n) is 2.66. The zero-order chi connectivity index (χ0) is 16.9. The smallest absolute Gasteiger partial charge is 0.332 e. The van der Waals surface area contributed by atoms with Gasteiger partial charge in [0.25, 0.3) is 0 Å². The number of anilines is 2. The number of aromatic nitrogens is 2. The van der Waals surface area contributed by atoms with Crippen LogP contribution in [-0.4, -0.2) is 29.7 Å². The van der Waals surface area contributed by atoms with E-state index in [1.165, 1.54) is 13.4 Å². The van der Waals surface area contributed by atoms with Crippen LogP contribution in [0.2, 0.25) is 0 Å². The Bertz CT molecular complexity index is 783. The molecule has 0 amide bonds. The van der Waals surface area contributed by atoms with Gasteiger partial charge in [0.2, 0.25) is 0 Å². The van der Waals surface area contributed by atoms with Gasteiger partial charge in [0.15, 0.2) is 0 Å². The lowest BCUT2D eigenvalue weighted by Gasteiger charge is -2.13. The van der Waals surface area contributed by atoms with E-state index in [-0.39, 0.29) is 12.7 Å². The molecule has 1 N–H and O–H groups in total. The maximum atomic E-state index is 11.6. The van der Waals surface area contributed by atoms with Crippen molar-refractivity contribution in [3.05, 3.63) is 47.4 Å². The Morgan fingerprint density at radius 3 is 2.88 bits per heavy atom. The summed E-state index contributed by atoms with van der Waals surface area (Å²) in [5, 5.41) is 12.1. The number of benzene rings is 1. The Balaban J connectivity index is 1.78. The van der Waals surface area contributed by atoms with E-state index in [1.807, 2.05) is 12.1 Å². The van der Waals surface area contributed by atoms with Gasteiger partial charge in [0, 0.05) is 18.4 Å². The highest BCUT2D eigenvalue weighted by Gasteiger charge is 2.30. The maximum absolute atomic E-state index is 11.6. The van der Waals surface area contributed by atoms with Crippen LogP contribution >= 0.6 is 0 Å². The number of methoxy groups -OCH3 is 1. The van der Waals surface area contributed by atoms with E-state index in [9.17, 15) is 4.79 Å². The molecule has 24 heavy (non-hydrogen) atoms. The van der Waals surface area contributed by atoms with Crippen LogP contribution in [0.1, 0.15) is 29.3 Å². The number of fused-ring (bicyclic) bond motifs is 1. The molecular formula is C17H16N4O3. The second-order valence-electron chi connectivity index (χ2n) is 5.35. The van der Waals surface area contributed by atoms with Crippen molar-refractivity contribution in [2.24, 2.45) is 0 Å². The zero-order valence-corrected chi connectivity index (χ0v) is 13.2. The number of hydrogen-bond donors (Lipinski definition) is 1. The van der Waals surface area contributed by atoms with Gasteiger partial charge in [-0.05, 0) is 37.1 Å². The molecule has 1 aromatic heterocycles. The minimum absolute atomic E-state index is 0.0761. The standard InChI is InChI=1S/C17H16N4O3/c1-23-9-15(22)24-14-7-6-13-16(14)19-10-20-17(13)21-12-4-2-11(8-18)3-5-12/h2-5,10,14H,6-7,9H2,1H3,(H,19,20,21). The molecule has 0 bridgehead atoms. The van der Waals surface area contributed by atoms with Gasteiger partial charge >= 0.3 is 5.97 Å². The molecule has 1 atom stereocenters. The summed E-state index contributed by atoms with van der Waals surface area (Å²) >= 11 is 0. The third-order valence-corrected chi connectivity index (χ3v) is 3.75. The lowest BCUT2D eigenvalue weighted by Crippen LogP contribution is -2.15. The van der Waals surface area contributed by atoms with E-state index >= 15 is 0 Å². The fourth-order valence-corrected chi connectivity index (χ4v) is 2.66. The Labute approximate surface area is 139 Å². The lowest BCUT2D eigenvalue weighted by molar-refractivity contribution is -0.153. The predicted octanol–water partition coefficient (Wildman–Crippen LogP) is 2.27. The largest absolute Gasteiger partial charge is 0.454 e. The lowest BCUT2D eigenvalue weighted by atomic mass is 10.2. The average molecular weight is 324 g/mol. The van der Waals surface area contributed by atoms with E-state index in [0.29, 0.717) is 17.8 Å². The third kappa shape index (κ3) is 3.34. The maximum Gasteiger partial charge on any atom is 0.332 e. The van der Waals surface area contributed by atoms with Crippen molar-refractivity contribution in [3.8, 4) is 6.07 Å². The number of esters is 1. The van der Waals surface area contributed by atoms with Gasteiger partial charge in [-0.25, -0.2) is 14.8 Å². The first-order chi connectivity index (χ1) is 11.7. The first-order valence-corrected chi connectivity index (χ1v) is 7.50. The molecule has 0 spiro atoms. The van der Waals surface area contributed by atoms with Crippen molar-refractivity contribution in [1.29, 1.82) is 5.26 Å². The second kappa shape index (κ2) is 7.06. The Kier molecular flexibility index (Phi) is 4.68. The van der Waals surface area contributed by atoms with Crippen LogP contribution in [-0.2, 0) is 20.7 Å². The predicted molar refractivity (Wildman–Crippen MR) is 85.5 cm³/mol. The second-order valence-corrected chi connectivity index (χ2v) is 5.35. The molecule has 0 radical (unpaired) electrons. The molecule has 0 fully saturated rings. The molecule has 1 aliphatic rings. The topological polar surface area (TPSA) is 97.1 Å². The molecule has 1 aliphatic carbocycles. The molecule has 1 heterocycles. The van der Waals surface area contributed by atoms with Crippen LogP contribution in [0.25, 0.3) is 0 Å². The number of rotatable bonds is 5. The number of carbonyl (C=O) groups excluding carboxylic acids is 1. The van der Waals surface area contributed by atoms with Crippen LogP contribution < -0.4 is 5.32 Å². The zero-order valence-electron chi connectivity index (χ0n) is 13.2. The van der Waals surface area contributed by atoms with Crippen molar-refractivity contribution in [2.75, 3.05) is 19.0 Å². The highest BCUT2D eigenvalue weighted by atomic mass is 16.6. The summed E-state index contributed by atoms with van der Waals surface area (Å²) in [6, 6.07) is 9.19. The van der Waals surface area contributed by atoms with Crippen molar-refractivity contribution < 1.29 is 14.3 Å². The summed E-state index contributed by atoms with van der Waals surface area (Å²) in [5.41, 5.74) is 3.09. The molecule has 7 heteroatoms. The molecule has 0 aliphatic heterocycles. The first-order valence-electron chi connectivity index (χ1n) is 7.50. The number of ether oxygens (including phenoxy) is 2. The number of hydrogen-bond acceptors (Lipinski definition) is 7. The van der Waals surface area contributed by atoms with E-state index in [1.54, 1.807) is 12.1 Å². The normalized spacial score (nSPS) is 15.4. The molecule has 7 nitrogen and oxygen atoms in total. The van der Waals surface area contributed by atoms with Crippen molar-refractivity contribution in [2.45, 2.75) is 18.9 Å². The molecule has 122 valence electrons. The summed E-state index contributed by atoms with van der Waals surface area (Å²) in [4.78, 5) is 20.2. The monoisotopic (exact) mass is 324 g/mol. The van der Waals surface area contributed by atoms with E-state index in [0.717, 1.165) is 23.4 Å². The van der Waals surface area contributed by atoms with Crippen molar-refractivity contribution in [3.63, 3.8) is 0 Å². The van der Waals surface area contributed by atoms with Crippen molar-refractivity contribution >= 4 is 17.5 Å². The highest BCUT2D eigenvalue weighted by Crippen LogP contribution is 2.36. The van der Waals surface area contributed by atoms with Crippen LogP contribution in [0.3, 0.4) is 0 Å². The van der Waals surface area contributed by atoms with Gasteiger partial charge in [-0.2, -0.15) is 5.26 Å². The van der Waals surface area contributed by atoms with E-state index in [4.69, 9.17) is 14.7 Å². The van der Waals surface area contributed by atoms with E-state index in [2.05, 4.69) is 21.4 Å². The van der Waals surface area contributed by atoms with E-state index < -0.39 is 5.97 Å². The molecule has 0 saturated heterocycles. The van der Waals surface area contributed by atoms with Crippen molar-refractivity contribution in [1.82, 2.24) is 9.97 Å². The number of nitrogens with zero attached hydrogens (tertiary/aromatic N) is 3. The van der Waals surface area contributed by atoms with Gasteiger partial charge in [0.05, 0.1) is 17.3 Å². The Hall–Kier alpha value is -2.98. The number of carbonyl (C=O) groups is 1. The molecule has 2 aromatic rings. The van der Waals surface area contributed by atoms with Gasteiger partial charge in [0.1, 0.15) is 24.9 Å². The summed E-state index contributed by atoms with van der Waals surface area (Å²) in [5.74, 6) is 0.283. The highest BCUT2D eigenvalue weighted by molar-refractivity contribution is 5.71. The average Bonchev–Trinajstić information content (AvgIpc) is 3.00. The number of nitrogens with one attached hydrogen (secondary N) is 1. The SMILES string of the molecule is COCC(=O)OC1CCc2c(Nc3ccc(C#N)cc3)ncnc21. The van der Waals surface area contributed by atoms with Crippen LogP contribution in [0.15, 0.2) is 30.6 Å². The van der Waals surface area contributed by atoms with Gasteiger partial charge in [-0.15, -0.1) is 0 Å². The first kappa shape index (κ1) is 15.9. The Morgan fingerprint density at radius 1 is 1.38 bits per heavy atom. The molecular weight excluding hydrogens is 308 g/mol. The summed E-state index contributed by atoms with van der Waals surface area (Å²) in [6.45, 7) is -0.0761. The van der Waals surface area contributed by atoms with Crippen LogP contribution in [0.4, 0.5) is 11.5 Å². The molecule has 0 saturated carbocycles. The van der Waals surface area contributed by atoms with Gasteiger partial charge < -0.3 is 14.8 Å². The fraction of sp³-hybridized carbons (Fsp3) is 0.294. The summed E-state index contributed by atoms with van der Waals surface area (Å²) < 4.78 is 10.2. The Morgan fingerprint density at radius 2 is 2.17 bits per heavy atom. The molecule has 1 unspecified atom stereocenters. The molecule has 3 rings (SSSR count). The third-order valence-electron chi connectivity index (χ3n) is 3.75. The van der Waals surface area contributed by atoms with Crippen LogP contribution in [0.5, 0.6) is 0 Å². The number of nitriles is 1. The van der Waals surface area contributed by atoms with Gasteiger partial charge in [-0.3, -0.25) is 0 Å². The molecule has 1 aromatic carbocycles. The quantitative estimate of drug-likeness (QED) is 0.842. The summed E-state index contributed by atoms with van der Waals surface area (Å²) in [6.07, 6.45) is 2.48. The van der Waals surface area contributed by atoms with Gasteiger partial charge in [-0.1, -0.05) is 0 Å². The van der Waals surface area contributed by atoms with Crippen LogP contribution in [0, 0.1) is 11.3 Å². The minimum Gasteiger partial charge on any atom is -0.454 e. The minimum atomic E-state index is -0.407.